The largest absolute Gasteiger partial charge is 0.481 e. The number of carboxylic acids is 1. The third kappa shape index (κ3) is 4.54. The van der Waals surface area contributed by atoms with E-state index in [2.05, 4.69) is 0 Å². The highest BCUT2D eigenvalue weighted by Gasteiger charge is 2.26. The third-order valence-corrected chi connectivity index (χ3v) is 5.66. The number of aryl methyl sites for hydroxylation is 1. The summed E-state index contributed by atoms with van der Waals surface area (Å²) >= 11 is 0. The number of carbonyl (C=O) groups is 1. The predicted molar refractivity (Wildman–Crippen MR) is 81.7 cm³/mol. The van der Waals surface area contributed by atoms with E-state index in [4.69, 9.17) is 5.11 Å². The van der Waals surface area contributed by atoms with E-state index < -0.39 is 16.0 Å². The monoisotopic (exact) mass is 313 g/mol. The van der Waals surface area contributed by atoms with Gasteiger partial charge in [0.15, 0.2) is 0 Å². The Labute approximate surface area is 126 Å². The summed E-state index contributed by atoms with van der Waals surface area (Å²) in [4.78, 5) is 10.8. The van der Waals surface area contributed by atoms with Crippen LogP contribution in [0.25, 0.3) is 0 Å². The highest BCUT2D eigenvalue weighted by atomic mass is 32.2. The SMILES string of the molecule is CCC(C)N(CC)S(=O)(=O)c1ccc(CCC(=O)O)cc1. The Balaban J connectivity index is 2.96. The van der Waals surface area contributed by atoms with E-state index in [1.54, 1.807) is 24.3 Å². The van der Waals surface area contributed by atoms with Gasteiger partial charge in [-0.15, -0.1) is 0 Å². The molecule has 0 saturated carbocycles. The first kappa shape index (κ1) is 17.7. The molecular formula is C15H23NO4S. The second-order valence-electron chi connectivity index (χ2n) is 5.00. The maximum atomic E-state index is 12.6. The number of sulfonamides is 1. The van der Waals surface area contributed by atoms with Crippen LogP contribution < -0.4 is 0 Å². The topological polar surface area (TPSA) is 74.7 Å². The standard InChI is InChI=1S/C15H23NO4S/c1-4-12(3)16(5-2)21(19,20)14-9-6-13(7-10-14)8-11-15(17)18/h6-7,9-10,12H,4-5,8,11H2,1-3H3,(H,17,18). The van der Waals surface area contributed by atoms with Crippen molar-refractivity contribution in [3.8, 4) is 0 Å². The van der Waals surface area contributed by atoms with Crippen LogP contribution in [0.2, 0.25) is 0 Å². The summed E-state index contributed by atoms with van der Waals surface area (Å²) < 4.78 is 26.6. The highest BCUT2D eigenvalue weighted by molar-refractivity contribution is 7.89. The van der Waals surface area contributed by atoms with E-state index in [-0.39, 0.29) is 17.4 Å². The molecule has 0 spiro atoms. The molecule has 1 atom stereocenters. The average Bonchev–Trinajstić information content (AvgIpc) is 2.45. The van der Waals surface area contributed by atoms with Crippen LogP contribution in [0, 0.1) is 0 Å². The van der Waals surface area contributed by atoms with E-state index in [0.717, 1.165) is 12.0 Å². The van der Waals surface area contributed by atoms with Crippen molar-refractivity contribution in [2.75, 3.05) is 6.54 Å². The van der Waals surface area contributed by atoms with Gasteiger partial charge < -0.3 is 5.11 Å². The summed E-state index contributed by atoms with van der Waals surface area (Å²) in [6, 6.07) is 6.42. The predicted octanol–water partition coefficient (Wildman–Crippen LogP) is 2.51. The van der Waals surface area contributed by atoms with Gasteiger partial charge in [-0.2, -0.15) is 4.31 Å². The highest BCUT2D eigenvalue weighted by Crippen LogP contribution is 2.20. The minimum absolute atomic E-state index is 0.0417. The lowest BCUT2D eigenvalue weighted by Crippen LogP contribution is -2.38. The normalized spacial score (nSPS) is 13.3. The molecular weight excluding hydrogens is 290 g/mol. The zero-order chi connectivity index (χ0) is 16.0. The second kappa shape index (κ2) is 7.56. The van der Waals surface area contributed by atoms with Crippen LogP contribution in [0.4, 0.5) is 0 Å². The van der Waals surface area contributed by atoms with Gasteiger partial charge in [0.05, 0.1) is 4.90 Å². The Morgan fingerprint density at radius 3 is 2.24 bits per heavy atom. The molecule has 0 radical (unpaired) electrons. The maximum absolute atomic E-state index is 12.6. The molecule has 1 rings (SSSR count). The number of benzene rings is 1. The number of hydrogen-bond donors (Lipinski definition) is 1. The maximum Gasteiger partial charge on any atom is 0.303 e. The second-order valence-corrected chi connectivity index (χ2v) is 6.89. The van der Waals surface area contributed by atoms with E-state index >= 15 is 0 Å². The molecule has 118 valence electrons. The number of rotatable bonds is 8. The van der Waals surface area contributed by atoms with Gasteiger partial charge in [0.1, 0.15) is 0 Å². The summed E-state index contributed by atoms with van der Waals surface area (Å²) in [5.74, 6) is -0.861. The number of aliphatic carboxylic acids is 1. The molecule has 0 aliphatic rings. The first-order valence-corrected chi connectivity index (χ1v) is 8.59. The summed E-state index contributed by atoms with van der Waals surface area (Å²) in [6.45, 7) is 6.10. The van der Waals surface area contributed by atoms with Crippen molar-refractivity contribution in [2.24, 2.45) is 0 Å². The van der Waals surface area contributed by atoms with Crippen molar-refractivity contribution >= 4 is 16.0 Å². The van der Waals surface area contributed by atoms with Gasteiger partial charge in [-0.3, -0.25) is 4.79 Å². The smallest absolute Gasteiger partial charge is 0.303 e. The lowest BCUT2D eigenvalue weighted by Gasteiger charge is -2.26. The van der Waals surface area contributed by atoms with Gasteiger partial charge >= 0.3 is 5.97 Å². The summed E-state index contributed by atoms with van der Waals surface area (Å²) in [6.07, 6.45) is 1.20. The Morgan fingerprint density at radius 2 is 1.81 bits per heavy atom. The lowest BCUT2D eigenvalue weighted by atomic mass is 10.1. The lowest BCUT2D eigenvalue weighted by molar-refractivity contribution is -0.136. The van der Waals surface area contributed by atoms with Crippen LogP contribution in [0.3, 0.4) is 0 Å². The van der Waals surface area contributed by atoms with E-state index in [1.807, 2.05) is 20.8 Å². The van der Waals surface area contributed by atoms with Crippen molar-refractivity contribution in [2.45, 2.75) is 51.0 Å². The number of carboxylic acid groups (broad SMARTS) is 1. The van der Waals surface area contributed by atoms with Crippen molar-refractivity contribution in [3.63, 3.8) is 0 Å². The Bertz CT molecular complexity index is 566. The van der Waals surface area contributed by atoms with Gasteiger partial charge in [-0.25, -0.2) is 8.42 Å². The molecule has 1 aromatic carbocycles. The van der Waals surface area contributed by atoms with Crippen LogP contribution in [0.5, 0.6) is 0 Å². The fourth-order valence-electron chi connectivity index (χ4n) is 2.14. The minimum Gasteiger partial charge on any atom is -0.481 e. The van der Waals surface area contributed by atoms with Crippen LogP contribution in [0.1, 0.15) is 39.2 Å². The molecule has 0 bridgehead atoms. The number of nitrogens with zero attached hydrogens (tertiary/aromatic N) is 1. The molecule has 0 saturated heterocycles. The molecule has 0 aromatic heterocycles. The van der Waals surface area contributed by atoms with Crippen LogP contribution >= 0.6 is 0 Å². The first-order valence-electron chi connectivity index (χ1n) is 7.15. The molecule has 1 unspecified atom stereocenters. The zero-order valence-corrected chi connectivity index (χ0v) is 13.6. The summed E-state index contributed by atoms with van der Waals surface area (Å²) in [7, 11) is -3.49. The van der Waals surface area contributed by atoms with Gasteiger partial charge in [0.2, 0.25) is 10.0 Å². The fraction of sp³-hybridized carbons (Fsp3) is 0.533. The molecule has 1 aromatic rings. The van der Waals surface area contributed by atoms with Crippen LogP contribution in [-0.4, -0.2) is 36.4 Å². The first-order chi connectivity index (χ1) is 9.82. The van der Waals surface area contributed by atoms with Gasteiger partial charge in [0, 0.05) is 19.0 Å². The van der Waals surface area contributed by atoms with Gasteiger partial charge in [-0.1, -0.05) is 26.0 Å². The van der Waals surface area contributed by atoms with E-state index in [0.29, 0.717) is 13.0 Å². The quantitative estimate of drug-likeness (QED) is 0.800. The number of hydrogen-bond acceptors (Lipinski definition) is 3. The third-order valence-electron chi connectivity index (χ3n) is 3.55. The molecule has 0 aliphatic heterocycles. The fourth-order valence-corrected chi connectivity index (χ4v) is 3.85. The average molecular weight is 313 g/mol. The van der Waals surface area contributed by atoms with Crippen molar-refractivity contribution < 1.29 is 18.3 Å². The summed E-state index contributed by atoms with van der Waals surface area (Å²) in [5, 5.41) is 8.65. The summed E-state index contributed by atoms with van der Waals surface area (Å²) in [5.41, 5.74) is 0.822. The van der Waals surface area contributed by atoms with Gasteiger partial charge in [0.25, 0.3) is 0 Å². The molecule has 21 heavy (non-hydrogen) atoms. The molecule has 5 nitrogen and oxygen atoms in total. The van der Waals surface area contributed by atoms with E-state index in [1.165, 1.54) is 4.31 Å². The van der Waals surface area contributed by atoms with Crippen molar-refractivity contribution in [1.29, 1.82) is 0 Å². The Hall–Kier alpha value is -1.40. The molecule has 0 amide bonds. The molecule has 0 aliphatic carbocycles. The van der Waals surface area contributed by atoms with Crippen molar-refractivity contribution in [3.05, 3.63) is 29.8 Å². The van der Waals surface area contributed by atoms with Crippen molar-refractivity contribution in [1.82, 2.24) is 4.31 Å². The Morgan fingerprint density at radius 1 is 1.24 bits per heavy atom. The minimum atomic E-state index is -3.49. The molecule has 0 heterocycles. The van der Waals surface area contributed by atoms with Crippen LogP contribution in [-0.2, 0) is 21.2 Å². The van der Waals surface area contributed by atoms with E-state index in [9.17, 15) is 13.2 Å². The molecule has 1 N–H and O–H groups in total. The molecule has 6 heteroatoms. The van der Waals surface area contributed by atoms with Crippen LogP contribution in [0.15, 0.2) is 29.2 Å². The molecule has 0 fully saturated rings. The Kier molecular flexibility index (Phi) is 6.36. The van der Waals surface area contributed by atoms with Gasteiger partial charge in [-0.05, 0) is 37.5 Å². The zero-order valence-electron chi connectivity index (χ0n) is 12.7.